The Morgan fingerprint density at radius 3 is 2.42 bits per heavy atom. The molecular weight excluding hydrogens is 323 g/mol. The van der Waals surface area contributed by atoms with Gasteiger partial charge in [-0.2, -0.15) is 0 Å². The summed E-state index contributed by atoms with van der Waals surface area (Å²) in [5.41, 5.74) is -0.433. The number of nitrogens with one attached hydrogen (secondary N) is 2. The Labute approximate surface area is 138 Å². The zero-order chi connectivity index (χ0) is 17.7. The van der Waals surface area contributed by atoms with E-state index in [1.807, 2.05) is 6.92 Å². The van der Waals surface area contributed by atoms with Crippen molar-refractivity contribution >= 4 is 17.5 Å². The van der Waals surface area contributed by atoms with Crippen molar-refractivity contribution < 1.29 is 22.8 Å². The molecule has 0 aliphatic heterocycles. The lowest BCUT2D eigenvalue weighted by Crippen LogP contribution is -2.42. The number of anilines is 1. The van der Waals surface area contributed by atoms with Crippen molar-refractivity contribution in [1.82, 2.24) is 10.2 Å². The van der Waals surface area contributed by atoms with Crippen LogP contribution in [-0.2, 0) is 9.59 Å². The van der Waals surface area contributed by atoms with Crippen molar-refractivity contribution in [2.24, 2.45) is 0 Å². The average Bonchev–Trinajstić information content (AvgIpc) is 3.32. The van der Waals surface area contributed by atoms with Gasteiger partial charge in [-0.1, -0.05) is 6.92 Å². The van der Waals surface area contributed by atoms with Gasteiger partial charge >= 0.3 is 0 Å². The molecular formula is C16H20F3N3O2. The summed E-state index contributed by atoms with van der Waals surface area (Å²) in [5.74, 6) is -5.18. The van der Waals surface area contributed by atoms with Crippen molar-refractivity contribution in [1.29, 1.82) is 0 Å². The predicted molar refractivity (Wildman–Crippen MR) is 82.8 cm³/mol. The molecule has 0 bridgehead atoms. The first-order valence-corrected chi connectivity index (χ1v) is 7.85. The standard InChI is InChI=1S/C16H20F3N3O2/c1-2-7-22(8-13(23)20-10-3-4-10)9-14(24)21-12-6-5-11(17)15(18)16(12)19/h5-6,10H,2-4,7-9H2,1H3,(H,20,23)(H,21,24). The summed E-state index contributed by atoms with van der Waals surface area (Å²) in [6, 6.07) is 1.92. The third-order valence-electron chi connectivity index (χ3n) is 3.53. The maximum absolute atomic E-state index is 13.6. The quantitative estimate of drug-likeness (QED) is 0.710. The molecule has 1 aromatic rings. The number of benzene rings is 1. The second-order valence-corrected chi connectivity index (χ2v) is 5.82. The molecule has 5 nitrogen and oxygen atoms in total. The summed E-state index contributed by atoms with van der Waals surface area (Å²) >= 11 is 0. The lowest BCUT2D eigenvalue weighted by atomic mass is 10.2. The summed E-state index contributed by atoms with van der Waals surface area (Å²) in [6.45, 7) is 2.31. The van der Waals surface area contributed by atoms with Gasteiger partial charge in [-0.25, -0.2) is 13.2 Å². The highest BCUT2D eigenvalue weighted by molar-refractivity contribution is 5.92. The Hall–Kier alpha value is -2.09. The van der Waals surface area contributed by atoms with Crippen LogP contribution in [0.15, 0.2) is 12.1 Å². The van der Waals surface area contributed by atoms with E-state index in [-0.39, 0.29) is 25.0 Å². The maximum Gasteiger partial charge on any atom is 0.238 e. The maximum atomic E-state index is 13.6. The van der Waals surface area contributed by atoms with Crippen molar-refractivity contribution in [2.45, 2.75) is 32.2 Å². The molecule has 0 spiro atoms. The molecule has 2 amide bonds. The summed E-state index contributed by atoms with van der Waals surface area (Å²) in [6.07, 6.45) is 2.66. The first-order chi connectivity index (χ1) is 11.4. The molecule has 0 saturated heterocycles. The summed E-state index contributed by atoms with van der Waals surface area (Å²) < 4.78 is 39.6. The van der Waals surface area contributed by atoms with E-state index in [9.17, 15) is 22.8 Å². The first kappa shape index (κ1) is 18.3. The third kappa shape index (κ3) is 5.23. The summed E-state index contributed by atoms with van der Waals surface area (Å²) in [7, 11) is 0. The Kier molecular flexibility index (Phi) is 6.19. The van der Waals surface area contributed by atoms with Crippen LogP contribution < -0.4 is 10.6 Å². The normalized spacial score (nSPS) is 13.9. The molecule has 2 N–H and O–H groups in total. The van der Waals surface area contributed by atoms with Crippen LogP contribution in [0.25, 0.3) is 0 Å². The molecule has 1 aliphatic rings. The minimum absolute atomic E-state index is 0.0536. The van der Waals surface area contributed by atoms with Crippen LogP contribution in [0.2, 0.25) is 0 Å². The van der Waals surface area contributed by atoms with Gasteiger partial charge in [0.25, 0.3) is 0 Å². The van der Waals surface area contributed by atoms with Crippen molar-refractivity contribution in [2.75, 3.05) is 25.0 Å². The first-order valence-electron chi connectivity index (χ1n) is 7.85. The number of hydrogen-bond acceptors (Lipinski definition) is 3. The van der Waals surface area contributed by atoms with Gasteiger partial charge in [0.2, 0.25) is 11.8 Å². The van der Waals surface area contributed by atoms with Crippen LogP contribution >= 0.6 is 0 Å². The molecule has 1 saturated carbocycles. The topological polar surface area (TPSA) is 61.4 Å². The predicted octanol–water partition coefficient (Wildman–Crippen LogP) is 2.03. The summed E-state index contributed by atoms with van der Waals surface area (Å²) in [4.78, 5) is 25.4. The van der Waals surface area contributed by atoms with E-state index in [1.54, 1.807) is 4.90 Å². The number of carbonyl (C=O) groups excluding carboxylic acids is 2. The van der Waals surface area contributed by atoms with Gasteiger partial charge in [0.05, 0.1) is 18.8 Å². The lowest BCUT2D eigenvalue weighted by Gasteiger charge is -2.20. The SMILES string of the molecule is CCCN(CC(=O)Nc1ccc(F)c(F)c1F)CC(=O)NC1CC1. The number of nitrogens with zero attached hydrogens (tertiary/aromatic N) is 1. The fourth-order valence-electron chi connectivity index (χ4n) is 2.25. The second-order valence-electron chi connectivity index (χ2n) is 5.82. The Balaban J connectivity index is 1.92. The van der Waals surface area contributed by atoms with Gasteiger partial charge in [0, 0.05) is 6.04 Å². The van der Waals surface area contributed by atoms with E-state index < -0.39 is 29.0 Å². The molecule has 0 heterocycles. The summed E-state index contributed by atoms with van der Waals surface area (Å²) in [5, 5.41) is 5.02. The molecule has 132 valence electrons. The van der Waals surface area contributed by atoms with Gasteiger partial charge in [-0.15, -0.1) is 0 Å². The molecule has 2 rings (SSSR count). The lowest BCUT2D eigenvalue weighted by molar-refractivity contribution is -0.123. The van der Waals surface area contributed by atoms with E-state index in [0.717, 1.165) is 31.4 Å². The van der Waals surface area contributed by atoms with Gasteiger partial charge < -0.3 is 10.6 Å². The minimum atomic E-state index is -1.64. The Morgan fingerprint density at radius 1 is 1.12 bits per heavy atom. The van der Waals surface area contributed by atoms with E-state index in [1.165, 1.54) is 0 Å². The largest absolute Gasteiger partial charge is 0.352 e. The molecule has 1 fully saturated rings. The number of hydrogen-bond donors (Lipinski definition) is 2. The van der Waals surface area contributed by atoms with E-state index in [0.29, 0.717) is 6.54 Å². The number of rotatable bonds is 8. The third-order valence-corrected chi connectivity index (χ3v) is 3.53. The molecule has 0 atom stereocenters. The minimum Gasteiger partial charge on any atom is -0.352 e. The fraction of sp³-hybridized carbons (Fsp3) is 0.500. The Bertz CT molecular complexity index is 621. The van der Waals surface area contributed by atoms with Crippen LogP contribution in [-0.4, -0.2) is 42.4 Å². The van der Waals surface area contributed by atoms with Crippen molar-refractivity contribution in [3.63, 3.8) is 0 Å². The van der Waals surface area contributed by atoms with E-state index in [4.69, 9.17) is 0 Å². The monoisotopic (exact) mass is 343 g/mol. The number of halogens is 3. The van der Waals surface area contributed by atoms with Gasteiger partial charge in [-0.05, 0) is 37.9 Å². The number of amides is 2. The van der Waals surface area contributed by atoms with Gasteiger partial charge in [-0.3, -0.25) is 14.5 Å². The second kappa shape index (κ2) is 8.14. The van der Waals surface area contributed by atoms with Gasteiger partial charge in [0.1, 0.15) is 0 Å². The fourth-order valence-corrected chi connectivity index (χ4v) is 2.25. The molecule has 1 aromatic carbocycles. The zero-order valence-electron chi connectivity index (χ0n) is 13.4. The molecule has 24 heavy (non-hydrogen) atoms. The van der Waals surface area contributed by atoms with E-state index in [2.05, 4.69) is 10.6 Å². The number of carbonyl (C=O) groups is 2. The van der Waals surface area contributed by atoms with Crippen LogP contribution in [0, 0.1) is 17.5 Å². The highest BCUT2D eigenvalue weighted by atomic mass is 19.2. The van der Waals surface area contributed by atoms with Crippen molar-refractivity contribution in [3.05, 3.63) is 29.6 Å². The van der Waals surface area contributed by atoms with Gasteiger partial charge in [0.15, 0.2) is 17.5 Å². The zero-order valence-corrected chi connectivity index (χ0v) is 13.4. The van der Waals surface area contributed by atoms with Crippen molar-refractivity contribution in [3.8, 4) is 0 Å². The highest BCUT2D eigenvalue weighted by Gasteiger charge is 2.24. The highest BCUT2D eigenvalue weighted by Crippen LogP contribution is 2.20. The molecule has 1 aliphatic carbocycles. The molecule has 0 radical (unpaired) electrons. The Morgan fingerprint density at radius 2 is 1.79 bits per heavy atom. The van der Waals surface area contributed by atoms with Crippen LogP contribution in [0.5, 0.6) is 0 Å². The van der Waals surface area contributed by atoms with Crippen LogP contribution in [0.4, 0.5) is 18.9 Å². The van der Waals surface area contributed by atoms with E-state index >= 15 is 0 Å². The molecule has 8 heteroatoms. The average molecular weight is 343 g/mol. The molecule has 0 unspecified atom stereocenters. The van der Waals surface area contributed by atoms with Crippen LogP contribution in [0.1, 0.15) is 26.2 Å². The van der Waals surface area contributed by atoms with Crippen LogP contribution in [0.3, 0.4) is 0 Å². The smallest absolute Gasteiger partial charge is 0.238 e. The molecule has 0 aromatic heterocycles.